The van der Waals surface area contributed by atoms with Gasteiger partial charge in [-0.25, -0.2) is 5.43 Å². The summed E-state index contributed by atoms with van der Waals surface area (Å²) in [5, 5.41) is 0. The minimum atomic E-state index is -0.170. The second kappa shape index (κ2) is 5.08. The highest BCUT2D eigenvalue weighted by molar-refractivity contribution is 5.74. The molecule has 0 bridgehead atoms. The molecule has 0 radical (unpaired) electrons. The van der Waals surface area contributed by atoms with E-state index in [1.54, 1.807) is 18.3 Å². The van der Waals surface area contributed by atoms with Crippen molar-refractivity contribution in [1.29, 1.82) is 0 Å². The largest absolute Gasteiger partial charge is 0.298 e. The van der Waals surface area contributed by atoms with Gasteiger partial charge in [-0.1, -0.05) is 0 Å². The molecule has 0 saturated heterocycles. The van der Waals surface area contributed by atoms with Crippen LogP contribution in [0.2, 0.25) is 0 Å². The van der Waals surface area contributed by atoms with Crippen molar-refractivity contribution >= 4 is 12.2 Å². The lowest BCUT2D eigenvalue weighted by Crippen LogP contribution is -2.35. The van der Waals surface area contributed by atoms with E-state index in [-0.39, 0.29) is 5.91 Å². The molecule has 0 saturated carbocycles. The first kappa shape index (κ1) is 10.3. The molecular weight excluding hydrogens is 182 g/mol. The standard InChI is InChI=1S/C9H11N3O2/c1-7(14)12-11-5-9-4-8(6-13)2-3-10-9/h2-4,6,11H,5H2,1H3,(H,12,14). The summed E-state index contributed by atoms with van der Waals surface area (Å²) in [7, 11) is 0. The van der Waals surface area contributed by atoms with Crippen molar-refractivity contribution in [3.63, 3.8) is 0 Å². The van der Waals surface area contributed by atoms with Gasteiger partial charge in [0.2, 0.25) is 5.91 Å². The molecule has 1 amide bonds. The molecule has 5 heteroatoms. The van der Waals surface area contributed by atoms with Crippen LogP contribution in [-0.2, 0) is 11.3 Å². The van der Waals surface area contributed by atoms with Gasteiger partial charge in [-0.15, -0.1) is 0 Å². The molecule has 1 rings (SSSR count). The average molecular weight is 193 g/mol. The van der Waals surface area contributed by atoms with E-state index in [1.807, 2.05) is 0 Å². The molecule has 1 heterocycles. The second-order valence-electron chi connectivity index (χ2n) is 2.73. The predicted octanol–water partition coefficient (Wildman–Crippen LogP) is 0.0348. The van der Waals surface area contributed by atoms with Crippen LogP contribution in [0.5, 0.6) is 0 Å². The van der Waals surface area contributed by atoms with Crippen LogP contribution in [0.25, 0.3) is 0 Å². The highest BCUT2D eigenvalue weighted by Crippen LogP contribution is 1.97. The molecule has 74 valence electrons. The first-order chi connectivity index (χ1) is 6.72. The smallest absolute Gasteiger partial charge is 0.230 e. The highest BCUT2D eigenvalue weighted by Gasteiger charge is 1.96. The van der Waals surface area contributed by atoms with Gasteiger partial charge < -0.3 is 0 Å². The number of hydrazine groups is 1. The van der Waals surface area contributed by atoms with E-state index < -0.39 is 0 Å². The zero-order valence-electron chi connectivity index (χ0n) is 7.78. The minimum Gasteiger partial charge on any atom is -0.298 e. The number of carbonyl (C=O) groups is 2. The number of amides is 1. The van der Waals surface area contributed by atoms with E-state index in [2.05, 4.69) is 15.8 Å². The van der Waals surface area contributed by atoms with Crippen molar-refractivity contribution < 1.29 is 9.59 Å². The maximum atomic E-state index is 10.5. The molecule has 0 aromatic carbocycles. The monoisotopic (exact) mass is 193 g/mol. The lowest BCUT2D eigenvalue weighted by atomic mass is 10.2. The van der Waals surface area contributed by atoms with Crippen LogP contribution < -0.4 is 10.9 Å². The summed E-state index contributed by atoms with van der Waals surface area (Å²) >= 11 is 0. The predicted molar refractivity (Wildman–Crippen MR) is 50.3 cm³/mol. The Morgan fingerprint density at radius 3 is 3.07 bits per heavy atom. The van der Waals surface area contributed by atoms with Gasteiger partial charge in [0.1, 0.15) is 6.29 Å². The number of aromatic nitrogens is 1. The van der Waals surface area contributed by atoms with Gasteiger partial charge in [0.25, 0.3) is 0 Å². The third kappa shape index (κ3) is 3.32. The van der Waals surface area contributed by atoms with Gasteiger partial charge in [-0.3, -0.25) is 20.0 Å². The lowest BCUT2D eigenvalue weighted by Gasteiger charge is -2.03. The van der Waals surface area contributed by atoms with Gasteiger partial charge in [-0.05, 0) is 12.1 Å². The number of hydrogen-bond donors (Lipinski definition) is 2. The van der Waals surface area contributed by atoms with Crippen LogP contribution in [0.4, 0.5) is 0 Å². The topological polar surface area (TPSA) is 71.1 Å². The summed E-state index contributed by atoms with van der Waals surface area (Å²) in [6.45, 7) is 1.80. The van der Waals surface area contributed by atoms with Crippen LogP contribution in [0.1, 0.15) is 23.0 Å². The number of carbonyl (C=O) groups excluding carboxylic acids is 2. The average Bonchev–Trinajstić information content (AvgIpc) is 2.18. The molecular formula is C9H11N3O2. The minimum absolute atomic E-state index is 0.170. The molecule has 14 heavy (non-hydrogen) atoms. The lowest BCUT2D eigenvalue weighted by molar-refractivity contribution is -0.119. The van der Waals surface area contributed by atoms with Gasteiger partial charge >= 0.3 is 0 Å². The van der Waals surface area contributed by atoms with E-state index in [0.717, 1.165) is 6.29 Å². The first-order valence-electron chi connectivity index (χ1n) is 4.12. The third-order valence-corrected chi connectivity index (χ3v) is 1.51. The molecule has 0 fully saturated rings. The van der Waals surface area contributed by atoms with E-state index in [1.165, 1.54) is 6.92 Å². The Labute approximate surface area is 81.5 Å². The summed E-state index contributed by atoms with van der Waals surface area (Å²) in [6.07, 6.45) is 2.30. The number of pyridine rings is 1. The zero-order chi connectivity index (χ0) is 10.4. The Morgan fingerprint density at radius 1 is 1.64 bits per heavy atom. The number of nitrogens with one attached hydrogen (secondary N) is 2. The Bertz CT molecular complexity index is 339. The van der Waals surface area contributed by atoms with E-state index in [0.29, 0.717) is 17.8 Å². The summed E-state index contributed by atoms with van der Waals surface area (Å²) < 4.78 is 0. The van der Waals surface area contributed by atoms with Crippen LogP contribution in [0, 0.1) is 0 Å². The van der Waals surface area contributed by atoms with Crippen molar-refractivity contribution in [2.24, 2.45) is 0 Å². The Hall–Kier alpha value is -1.75. The molecule has 0 atom stereocenters. The number of rotatable bonds is 4. The van der Waals surface area contributed by atoms with E-state index in [4.69, 9.17) is 0 Å². The van der Waals surface area contributed by atoms with Crippen molar-refractivity contribution in [3.05, 3.63) is 29.6 Å². The fraction of sp³-hybridized carbons (Fsp3) is 0.222. The van der Waals surface area contributed by atoms with E-state index >= 15 is 0 Å². The number of aldehydes is 1. The fourth-order valence-electron chi connectivity index (χ4n) is 0.926. The zero-order valence-corrected chi connectivity index (χ0v) is 7.78. The van der Waals surface area contributed by atoms with Crippen LogP contribution in [0.15, 0.2) is 18.3 Å². The van der Waals surface area contributed by atoms with Crippen molar-refractivity contribution in [3.8, 4) is 0 Å². The quantitative estimate of drug-likeness (QED) is 0.523. The maximum Gasteiger partial charge on any atom is 0.230 e. The van der Waals surface area contributed by atoms with Crippen LogP contribution in [0.3, 0.4) is 0 Å². The Kier molecular flexibility index (Phi) is 3.75. The third-order valence-electron chi connectivity index (χ3n) is 1.51. The van der Waals surface area contributed by atoms with Crippen molar-refractivity contribution in [1.82, 2.24) is 15.8 Å². The molecule has 2 N–H and O–H groups in total. The maximum absolute atomic E-state index is 10.5. The molecule has 0 aliphatic rings. The van der Waals surface area contributed by atoms with Crippen LogP contribution >= 0.6 is 0 Å². The van der Waals surface area contributed by atoms with Gasteiger partial charge in [0.05, 0.1) is 12.2 Å². The molecule has 1 aromatic heterocycles. The van der Waals surface area contributed by atoms with Crippen molar-refractivity contribution in [2.75, 3.05) is 0 Å². The second-order valence-corrected chi connectivity index (χ2v) is 2.73. The fourth-order valence-corrected chi connectivity index (χ4v) is 0.926. The van der Waals surface area contributed by atoms with E-state index in [9.17, 15) is 9.59 Å². The van der Waals surface area contributed by atoms with Crippen LogP contribution in [-0.4, -0.2) is 17.2 Å². The van der Waals surface area contributed by atoms with Gasteiger partial charge in [0.15, 0.2) is 0 Å². The van der Waals surface area contributed by atoms with Crippen molar-refractivity contribution in [2.45, 2.75) is 13.5 Å². The Morgan fingerprint density at radius 2 is 2.43 bits per heavy atom. The molecule has 1 aromatic rings. The Balaban J connectivity index is 2.50. The summed E-state index contributed by atoms with van der Waals surface area (Å²) in [5.41, 5.74) is 6.36. The SMILES string of the molecule is CC(=O)NNCc1cc(C=O)ccn1. The molecule has 0 aliphatic heterocycles. The number of nitrogens with zero attached hydrogens (tertiary/aromatic N) is 1. The number of hydrogen-bond acceptors (Lipinski definition) is 4. The molecule has 0 aliphatic carbocycles. The molecule has 0 unspecified atom stereocenters. The normalized spacial score (nSPS) is 9.50. The first-order valence-corrected chi connectivity index (χ1v) is 4.12. The molecule has 5 nitrogen and oxygen atoms in total. The summed E-state index contributed by atoms with van der Waals surface area (Å²) in [5.74, 6) is -0.170. The summed E-state index contributed by atoms with van der Waals surface area (Å²) in [4.78, 5) is 24.9. The van der Waals surface area contributed by atoms with Gasteiger partial charge in [0, 0.05) is 18.7 Å². The molecule has 0 spiro atoms. The van der Waals surface area contributed by atoms with Gasteiger partial charge in [-0.2, -0.15) is 0 Å². The highest BCUT2D eigenvalue weighted by atomic mass is 16.2. The summed E-state index contributed by atoms with van der Waals surface area (Å²) in [6, 6.07) is 3.27.